The molecule has 1 heterocycles. The number of likely N-dealkylation sites (N-methyl/N-ethyl adjacent to an activating group) is 1. The maximum absolute atomic E-state index is 12.0. The van der Waals surface area contributed by atoms with E-state index in [1.165, 1.54) is 0 Å². The van der Waals surface area contributed by atoms with Crippen LogP contribution in [0.15, 0.2) is 4.99 Å². The molecule has 1 aliphatic carbocycles. The molecule has 126 valence electrons. The number of hydrogen-bond donors (Lipinski definition) is 2. The summed E-state index contributed by atoms with van der Waals surface area (Å²) in [6, 6.07) is 0.918. The second-order valence-corrected chi connectivity index (χ2v) is 7.13. The van der Waals surface area contributed by atoms with Gasteiger partial charge in [0.1, 0.15) is 5.60 Å². The van der Waals surface area contributed by atoms with Gasteiger partial charge in [-0.3, -0.25) is 14.7 Å². The van der Waals surface area contributed by atoms with Crippen molar-refractivity contribution in [3.8, 4) is 0 Å². The Kier molecular flexibility index (Phi) is 5.67. The summed E-state index contributed by atoms with van der Waals surface area (Å²) in [6.07, 6.45) is 3.21. The predicted molar refractivity (Wildman–Crippen MR) is 88.0 cm³/mol. The molecule has 0 atom stereocenters. The molecule has 1 aliphatic heterocycles. The molecular weight excluding hydrogens is 280 g/mol. The van der Waals surface area contributed by atoms with Crippen molar-refractivity contribution in [2.24, 2.45) is 4.99 Å². The zero-order valence-corrected chi connectivity index (χ0v) is 14.3. The van der Waals surface area contributed by atoms with Crippen LogP contribution in [0, 0.1) is 0 Å². The predicted octanol–water partition coefficient (Wildman–Crippen LogP) is 1.12. The number of carbonyl (C=O) groups is 1. The number of ether oxygens (including phenoxy) is 1. The largest absolute Gasteiger partial charge is 0.459 e. The smallest absolute Gasteiger partial charge is 0.320 e. The Morgan fingerprint density at radius 3 is 2.73 bits per heavy atom. The quantitative estimate of drug-likeness (QED) is 0.745. The van der Waals surface area contributed by atoms with Crippen LogP contribution in [0.1, 0.15) is 47.0 Å². The first-order chi connectivity index (χ1) is 10.4. The lowest BCUT2D eigenvalue weighted by atomic mass is 9.85. The molecule has 6 heteroatoms. The number of carbonyl (C=O) groups excluding carboxylic acids is 1. The van der Waals surface area contributed by atoms with E-state index in [-0.39, 0.29) is 5.97 Å². The molecule has 0 saturated heterocycles. The van der Waals surface area contributed by atoms with Crippen molar-refractivity contribution in [1.29, 1.82) is 0 Å². The molecule has 0 amide bonds. The van der Waals surface area contributed by atoms with Crippen LogP contribution in [-0.2, 0) is 9.53 Å². The third-order valence-electron chi connectivity index (χ3n) is 4.03. The molecule has 0 aromatic rings. The van der Waals surface area contributed by atoms with Gasteiger partial charge >= 0.3 is 5.97 Å². The fraction of sp³-hybridized carbons (Fsp3) is 0.875. The van der Waals surface area contributed by atoms with E-state index in [1.54, 1.807) is 0 Å². The zero-order chi connectivity index (χ0) is 16.2. The summed E-state index contributed by atoms with van der Waals surface area (Å²) in [6.45, 7) is 11.0. The monoisotopic (exact) mass is 310 g/mol. The number of hydrogen-bond acceptors (Lipinski definition) is 6. The maximum Gasteiger partial charge on any atom is 0.320 e. The molecule has 2 aliphatic rings. The second-order valence-electron chi connectivity index (χ2n) is 7.13. The normalized spacial score (nSPS) is 25.0. The highest BCUT2D eigenvalue weighted by molar-refractivity contribution is 5.80. The van der Waals surface area contributed by atoms with E-state index in [1.807, 2.05) is 20.8 Å². The Hall–Kier alpha value is -1.30. The van der Waals surface area contributed by atoms with E-state index in [0.29, 0.717) is 18.6 Å². The van der Waals surface area contributed by atoms with Crippen LogP contribution in [0.4, 0.5) is 0 Å². The van der Waals surface area contributed by atoms with Crippen molar-refractivity contribution in [3.63, 3.8) is 0 Å². The summed E-state index contributed by atoms with van der Waals surface area (Å²) < 4.78 is 5.41. The molecule has 0 spiro atoms. The topological polar surface area (TPSA) is 66.0 Å². The lowest BCUT2D eigenvalue weighted by molar-refractivity contribution is -0.157. The molecular formula is C16H30N4O2. The molecule has 2 rings (SSSR count). The van der Waals surface area contributed by atoms with E-state index in [9.17, 15) is 4.79 Å². The van der Waals surface area contributed by atoms with Gasteiger partial charge < -0.3 is 15.4 Å². The van der Waals surface area contributed by atoms with E-state index in [4.69, 9.17) is 4.74 Å². The first-order valence-corrected chi connectivity index (χ1v) is 8.38. The van der Waals surface area contributed by atoms with Gasteiger partial charge in [-0.25, -0.2) is 0 Å². The van der Waals surface area contributed by atoms with Crippen LogP contribution in [0.2, 0.25) is 0 Å². The first kappa shape index (κ1) is 17.1. The van der Waals surface area contributed by atoms with Gasteiger partial charge in [0.2, 0.25) is 0 Å². The van der Waals surface area contributed by atoms with Crippen molar-refractivity contribution < 1.29 is 9.53 Å². The fourth-order valence-electron chi connectivity index (χ4n) is 2.87. The van der Waals surface area contributed by atoms with Gasteiger partial charge in [0.25, 0.3) is 0 Å². The van der Waals surface area contributed by atoms with E-state index in [0.717, 1.165) is 44.9 Å². The van der Waals surface area contributed by atoms with Crippen molar-refractivity contribution >= 4 is 11.9 Å². The highest BCUT2D eigenvalue weighted by Gasteiger charge is 2.35. The minimum absolute atomic E-state index is 0.135. The summed E-state index contributed by atoms with van der Waals surface area (Å²) in [5.41, 5.74) is -0.412. The standard InChI is InChI=1S/C16H30N4O2/c1-5-20(11-14(21)22-16(2,3)4)13-9-12(10-13)19-15-17-7-6-8-18-15/h12-13H,5-11H2,1-4H3,(H2,17,18,19). The van der Waals surface area contributed by atoms with Crippen LogP contribution >= 0.6 is 0 Å². The molecule has 0 aromatic carbocycles. The van der Waals surface area contributed by atoms with Gasteiger partial charge in [-0.2, -0.15) is 0 Å². The van der Waals surface area contributed by atoms with Gasteiger partial charge in [-0.15, -0.1) is 0 Å². The van der Waals surface area contributed by atoms with E-state index < -0.39 is 5.60 Å². The van der Waals surface area contributed by atoms with Crippen molar-refractivity contribution in [3.05, 3.63) is 0 Å². The summed E-state index contributed by atoms with van der Waals surface area (Å²) in [5.74, 6) is 0.800. The van der Waals surface area contributed by atoms with Crippen LogP contribution < -0.4 is 10.6 Å². The van der Waals surface area contributed by atoms with Gasteiger partial charge in [0.05, 0.1) is 6.54 Å². The summed E-state index contributed by atoms with van der Waals surface area (Å²) >= 11 is 0. The lowest BCUT2D eigenvalue weighted by Gasteiger charge is -2.43. The lowest BCUT2D eigenvalue weighted by Crippen LogP contribution is -2.57. The molecule has 0 bridgehead atoms. The molecule has 6 nitrogen and oxygen atoms in total. The Morgan fingerprint density at radius 1 is 1.45 bits per heavy atom. The molecule has 1 saturated carbocycles. The Bertz CT molecular complexity index is 411. The average molecular weight is 310 g/mol. The van der Waals surface area contributed by atoms with Crippen LogP contribution in [0.25, 0.3) is 0 Å². The first-order valence-electron chi connectivity index (χ1n) is 8.38. The SMILES string of the molecule is CCN(CC(=O)OC(C)(C)C)C1CC(NC2=NCCCN2)C1. The van der Waals surface area contributed by atoms with E-state index in [2.05, 4.69) is 27.4 Å². The third kappa shape index (κ3) is 5.16. The highest BCUT2D eigenvalue weighted by atomic mass is 16.6. The number of aliphatic imine (C=N–C) groups is 1. The van der Waals surface area contributed by atoms with Crippen LogP contribution in [0.3, 0.4) is 0 Å². The number of nitrogens with zero attached hydrogens (tertiary/aromatic N) is 2. The molecule has 2 N–H and O–H groups in total. The van der Waals surface area contributed by atoms with Gasteiger partial charge in [0.15, 0.2) is 5.96 Å². The van der Waals surface area contributed by atoms with E-state index >= 15 is 0 Å². The third-order valence-corrected chi connectivity index (χ3v) is 4.03. The molecule has 0 unspecified atom stereocenters. The van der Waals surface area contributed by atoms with Gasteiger partial charge in [0, 0.05) is 25.2 Å². The summed E-state index contributed by atoms with van der Waals surface area (Å²) in [4.78, 5) is 18.6. The van der Waals surface area contributed by atoms with Crippen LogP contribution in [0.5, 0.6) is 0 Å². The number of nitrogens with one attached hydrogen (secondary N) is 2. The van der Waals surface area contributed by atoms with Gasteiger partial charge in [-0.05, 0) is 46.6 Å². The average Bonchev–Trinajstić information content (AvgIpc) is 2.39. The second kappa shape index (κ2) is 7.31. The Morgan fingerprint density at radius 2 is 2.18 bits per heavy atom. The van der Waals surface area contributed by atoms with Crippen LogP contribution in [-0.4, -0.2) is 60.7 Å². The maximum atomic E-state index is 12.0. The summed E-state index contributed by atoms with van der Waals surface area (Å²) in [7, 11) is 0. The number of guanidine groups is 1. The van der Waals surface area contributed by atoms with Crippen molar-refractivity contribution in [2.75, 3.05) is 26.2 Å². The zero-order valence-electron chi connectivity index (χ0n) is 14.3. The van der Waals surface area contributed by atoms with Crippen molar-refractivity contribution in [1.82, 2.24) is 15.5 Å². The molecule has 22 heavy (non-hydrogen) atoms. The highest BCUT2D eigenvalue weighted by Crippen LogP contribution is 2.26. The molecule has 0 aromatic heterocycles. The minimum atomic E-state index is -0.412. The van der Waals surface area contributed by atoms with Crippen molar-refractivity contribution in [2.45, 2.75) is 64.6 Å². The molecule has 1 fully saturated rings. The fourth-order valence-corrected chi connectivity index (χ4v) is 2.87. The minimum Gasteiger partial charge on any atom is -0.459 e. The number of rotatable bonds is 5. The number of esters is 1. The Labute approximate surface area is 133 Å². The van der Waals surface area contributed by atoms with Gasteiger partial charge in [-0.1, -0.05) is 6.92 Å². The Balaban J connectivity index is 1.72. The molecule has 0 radical (unpaired) electrons. The summed E-state index contributed by atoms with van der Waals surface area (Å²) in [5, 5.41) is 6.74.